The Morgan fingerprint density at radius 3 is 1.80 bits per heavy atom. The van der Waals surface area contributed by atoms with Crippen LogP contribution in [0.1, 0.15) is 111 Å². The average molecular weight is 871 g/mol. The summed E-state index contributed by atoms with van der Waals surface area (Å²) < 4.78 is 9.38. The molecule has 2 heterocycles. The van der Waals surface area contributed by atoms with Gasteiger partial charge in [-0.25, -0.2) is 9.13 Å². The highest BCUT2D eigenvalue weighted by Crippen LogP contribution is 2.45. The number of unbranched alkanes of at least 4 members (excludes halogenated alkanes) is 10. The van der Waals surface area contributed by atoms with Crippen molar-refractivity contribution >= 4 is 92.2 Å². The highest BCUT2D eigenvalue weighted by Gasteiger charge is 2.31. The second-order valence-electron chi connectivity index (χ2n) is 12.1. The molecule has 1 aliphatic rings. The Balaban J connectivity index is 1.68. The molecule has 45 heavy (non-hydrogen) atoms. The molecule has 0 amide bonds. The summed E-state index contributed by atoms with van der Waals surface area (Å²) in [6.45, 7) is 13.0. The van der Waals surface area contributed by atoms with Gasteiger partial charge >= 0.3 is 0 Å². The van der Waals surface area contributed by atoms with Gasteiger partial charge in [-0.3, -0.25) is 0 Å². The first-order valence-corrected chi connectivity index (χ1v) is 20.4. The van der Waals surface area contributed by atoms with E-state index in [9.17, 15) is 0 Å². The van der Waals surface area contributed by atoms with Gasteiger partial charge in [0.25, 0.3) is 5.82 Å². The summed E-state index contributed by atoms with van der Waals surface area (Å²) in [4.78, 5) is 5.00. The molecule has 246 valence electrons. The lowest BCUT2D eigenvalue weighted by Gasteiger charge is -2.24. The second kappa shape index (κ2) is 18.5. The van der Waals surface area contributed by atoms with E-state index in [1.54, 1.807) is 0 Å². The van der Waals surface area contributed by atoms with E-state index >= 15 is 0 Å². The summed E-state index contributed by atoms with van der Waals surface area (Å²) >= 11 is 15.1. The fourth-order valence-corrected chi connectivity index (χ4v) is 7.84. The zero-order chi connectivity index (χ0) is 32.3. The van der Waals surface area contributed by atoms with Crippen molar-refractivity contribution in [3.05, 3.63) is 66.0 Å². The molecule has 0 radical (unpaired) electrons. The minimum Gasteiger partial charge on any atom is -0.326 e. The Kier molecular flexibility index (Phi) is 15.1. The number of allylic oxidation sites excluding steroid dienone is 2. The Morgan fingerprint density at radius 1 is 0.622 bits per heavy atom. The summed E-state index contributed by atoms with van der Waals surface area (Å²) in [5.41, 5.74) is 5.12. The van der Waals surface area contributed by atoms with Crippen LogP contribution in [0, 0.1) is 0 Å². The third-order valence-corrected chi connectivity index (χ3v) is 12.6. The van der Waals surface area contributed by atoms with Crippen LogP contribution in [0.3, 0.4) is 0 Å². The van der Waals surface area contributed by atoms with E-state index in [0.717, 1.165) is 44.1 Å². The van der Waals surface area contributed by atoms with Gasteiger partial charge in [0.1, 0.15) is 5.82 Å². The molecule has 0 N–H and O–H groups in total. The van der Waals surface area contributed by atoms with Crippen LogP contribution in [0.4, 0.5) is 11.4 Å². The van der Waals surface area contributed by atoms with E-state index in [4.69, 9.17) is 0 Å². The van der Waals surface area contributed by atoms with Gasteiger partial charge in [0.05, 0.1) is 24.5 Å². The van der Waals surface area contributed by atoms with Crippen LogP contribution >= 0.6 is 63.7 Å². The second-order valence-corrected chi connectivity index (χ2v) is 15.5. The van der Waals surface area contributed by atoms with Gasteiger partial charge in [-0.2, -0.15) is 0 Å². The number of aromatic nitrogens is 2. The molecule has 0 saturated carbocycles. The quantitative estimate of drug-likeness (QED) is 0.0935. The average Bonchev–Trinajstić information content (AvgIpc) is 3.46. The predicted molar refractivity (Wildman–Crippen MR) is 209 cm³/mol. The minimum atomic E-state index is 0.920. The van der Waals surface area contributed by atoms with Crippen molar-refractivity contribution in [3.8, 4) is 0 Å². The Labute approximate surface area is 305 Å². The number of aryl methyl sites for hydroxylation is 2. The first-order chi connectivity index (χ1) is 21.9. The molecule has 4 nitrogen and oxygen atoms in total. The zero-order valence-electron chi connectivity index (χ0n) is 27.7. The van der Waals surface area contributed by atoms with Crippen molar-refractivity contribution in [1.29, 1.82) is 0 Å². The van der Waals surface area contributed by atoms with E-state index in [-0.39, 0.29) is 0 Å². The summed E-state index contributed by atoms with van der Waals surface area (Å²) in [6.07, 6.45) is 22.5. The van der Waals surface area contributed by atoms with Crippen molar-refractivity contribution in [2.24, 2.45) is 0 Å². The van der Waals surface area contributed by atoms with E-state index in [1.165, 1.54) is 111 Å². The molecule has 0 saturated heterocycles. The van der Waals surface area contributed by atoms with Crippen molar-refractivity contribution in [1.82, 2.24) is 4.57 Å². The molecule has 0 fully saturated rings. The van der Waals surface area contributed by atoms with Gasteiger partial charge < -0.3 is 9.80 Å². The van der Waals surface area contributed by atoms with Crippen LogP contribution < -0.4 is 14.4 Å². The molecule has 0 spiro atoms. The third kappa shape index (κ3) is 9.08. The molecule has 2 aromatic carbocycles. The lowest BCUT2D eigenvalue weighted by atomic mass is 10.1. The summed E-state index contributed by atoms with van der Waals surface area (Å²) in [6, 6.07) is 9.09. The van der Waals surface area contributed by atoms with Crippen LogP contribution in [-0.2, 0) is 13.1 Å². The van der Waals surface area contributed by atoms with Gasteiger partial charge in [-0.05, 0) is 115 Å². The number of fused-ring (bicyclic) bond motifs is 2. The monoisotopic (exact) mass is 867 g/mol. The molecule has 1 aromatic heterocycles. The van der Waals surface area contributed by atoms with Crippen LogP contribution in [0.15, 0.2) is 60.1 Å². The van der Waals surface area contributed by atoms with Gasteiger partial charge in [0.15, 0.2) is 11.0 Å². The maximum Gasteiger partial charge on any atom is 0.282 e. The fraction of sp³-hybridized carbons (Fsp3) is 0.541. The highest BCUT2D eigenvalue weighted by atomic mass is 79.9. The van der Waals surface area contributed by atoms with Crippen molar-refractivity contribution in [2.75, 3.05) is 22.9 Å². The van der Waals surface area contributed by atoms with Crippen LogP contribution in [0.25, 0.3) is 17.1 Å². The maximum absolute atomic E-state index is 3.78. The molecule has 0 atom stereocenters. The van der Waals surface area contributed by atoms with Crippen molar-refractivity contribution < 1.29 is 4.57 Å². The van der Waals surface area contributed by atoms with Crippen molar-refractivity contribution in [3.63, 3.8) is 0 Å². The summed E-state index contributed by atoms with van der Waals surface area (Å²) in [5, 5.41) is 0. The Morgan fingerprint density at radius 2 is 1.18 bits per heavy atom. The molecule has 0 unspecified atom stereocenters. The normalized spacial score (nSPS) is 14.2. The third-order valence-electron chi connectivity index (χ3n) is 8.90. The minimum absolute atomic E-state index is 0.920. The molecule has 8 heteroatoms. The summed E-state index contributed by atoms with van der Waals surface area (Å²) in [7, 11) is 0. The van der Waals surface area contributed by atoms with Gasteiger partial charge in [0, 0.05) is 49.2 Å². The molecule has 0 aliphatic carbocycles. The largest absolute Gasteiger partial charge is 0.326 e. The fourth-order valence-electron chi connectivity index (χ4n) is 6.52. The molecular weight excluding hydrogens is 820 g/mol. The van der Waals surface area contributed by atoms with Crippen LogP contribution in [-0.4, -0.2) is 17.7 Å². The Bertz CT molecular complexity index is 1480. The zero-order valence-corrected chi connectivity index (χ0v) is 34.0. The maximum atomic E-state index is 3.78. The first kappa shape index (κ1) is 36.7. The van der Waals surface area contributed by atoms with E-state index < -0.39 is 0 Å². The molecule has 3 aromatic rings. The lowest BCUT2D eigenvalue weighted by molar-refractivity contribution is -0.674. The number of hydrogen-bond acceptors (Lipinski definition) is 2. The standard InChI is InChI=1S/C37H51Br4N4/c1-5-9-11-13-15-17-22-44-34-26-30(40)28(38)24-32(34)42(7-3)36(44)20-19-21-37-43(8-4)33-25-29(39)31(41)27-35(33)45(37)23-18-16-14-12-10-6-2/h19-21,24-27H,5-18,22-23H2,1-4H3/q+1. The Hall–Kier alpha value is -1.09. The predicted octanol–water partition coefficient (Wildman–Crippen LogP) is 12.9. The first-order valence-electron chi connectivity index (χ1n) is 17.2. The molecular formula is C37H51Br4N4+. The van der Waals surface area contributed by atoms with Gasteiger partial charge in [-0.15, -0.1) is 0 Å². The van der Waals surface area contributed by atoms with Gasteiger partial charge in [-0.1, -0.05) is 77.7 Å². The lowest BCUT2D eigenvalue weighted by Crippen LogP contribution is -2.36. The number of halogens is 4. The van der Waals surface area contributed by atoms with E-state index in [0.29, 0.717) is 0 Å². The van der Waals surface area contributed by atoms with E-state index in [2.05, 4.69) is 153 Å². The van der Waals surface area contributed by atoms with Gasteiger partial charge in [0.2, 0.25) is 0 Å². The molecule has 0 bridgehead atoms. The number of imidazole rings is 1. The van der Waals surface area contributed by atoms with Crippen LogP contribution in [0.2, 0.25) is 0 Å². The van der Waals surface area contributed by atoms with E-state index in [1.807, 2.05) is 0 Å². The van der Waals surface area contributed by atoms with Crippen molar-refractivity contribution in [2.45, 2.75) is 118 Å². The topological polar surface area (TPSA) is 15.3 Å². The van der Waals surface area contributed by atoms with Crippen LogP contribution in [0.5, 0.6) is 0 Å². The highest BCUT2D eigenvalue weighted by molar-refractivity contribution is 9.13. The SMILES string of the molecule is CCCCCCCCN1/C(=C/C=C/c2n(CC)c3cc(Br)c(Br)cc3[n+]2CCCCCCCC)N(CC)c2cc(Br)c(Br)cc21. The smallest absolute Gasteiger partial charge is 0.282 e. The summed E-state index contributed by atoms with van der Waals surface area (Å²) in [5.74, 6) is 2.52. The molecule has 4 rings (SSSR count). The number of hydrogen-bond donors (Lipinski definition) is 0. The number of rotatable bonds is 18. The number of nitrogens with zero attached hydrogens (tertiary/aromatic N) is 4. The molecule has 1 aliphatic heterocycles. The number of anilines is 2. The number of benzene rings is 2.